The van der Waals surface area contributed by atoms with Crippen LogP contribution in [-0.4, -0.2) is 32.3 Å². The van der Waals surface area contributed by atoms with Crippen LogP contribution < -0.4 is 5.73 Å². The predicted molar refractivity (Wildman–Crippen MR) is 50.3 cm³/mol. The van der Waals surface area contributed by atoms with Crippen LogP contribution in [0.15, 0.2) is 0 Å². The van der Waals surface area contributed by atoms with E-state index in [9.17, 15) is 4.79 Å². The molecule has 0 aliphatic heterocycles. The number of nitrogens with two attached hydrogens (primary N) is 1. The first-order chi connectivity index (χ1) is 5.95. The second kappa shape index (κ2) is 5.19. The van der Waals surface area contributed by atoms with E-state index in [2.05, 4.69) is 0 Å². The Hall–Kier alpha value is -0.610. The smallest absolute Gasteiger partial charge is 0.323 e. The molecular formula is C9H19NO3. The monoisotopic (exact) mass is 189 g/mol. The third-order valence-electron chi connectivity index (χ3n) is 1.90. The van der Waals surface area contributed by atoms with Crippen LogP contribution >= 0.6 is 0 Å². The molecule has 1 atom stereocenters. The minimum atomic E-state index is -0.632. The van der Waals surface area contributed by atoms with Crippen LogP contribution in [0.25, 0.3) is 0 Å². The zero-order valence-corrected chi connectivity index (χ0v) is 8.79. The normalized spacial score (nSPS) is 13.9. The molecule has 0 rings (SSSR count). The van der Waals surface area contributed by atoms with Crippen LogP contribution in [-0.2, 0) is 14.3 Å². The lowest BCUT2D eigenvalue weighted by Gasteiger charge is -2.28. The molecule has 0 fully saturated rings. The van der Waals surface area contributed by atoms with E-state index < -0.39 is 6.04 Å². The minimum Gasteiger partial charge on any atom is -0.465 e. The number of methoxy groups -OCH3 is 1. The summed E-state index contributed by atoms with van der Waals surface area (Å²) >= 11 is 0. The van der Waals surface area contributed by atoms with Crippen molar-refractivity contribution < 1.29 is 14.3 Å². The molecule has 0 spiro atoms. The molecule has 78 valence electrons. The fourth-order valence-corrected chi connectivity index (χ4v) is 1.01. The second-order valence-electron chi connectivity index (χ2n) is 3.65. The Morgan fingerprint density at radius 3 is 2.46 bits per heavy atom. The van der Waals surface area contributed by atoms with Gasteiger partial charge < -0.3 is 15.2 Å². The van der Waals surface area contributed by atoms with Crippen molar-refractivity contribution in [3.05, 3.63) is 0 Å². The molecule has 0 aliphatic rings. The molecule has 0 saturated carbocycles. The van der Waals surface area contributed by atoms with E-state index in [1.807, 2.05) is 13.8 Å². The highest BCUT2D eigenvalue weighted by atomic mass is 16.5. The number of rotatable bonds is 5. The summed E-state index contributed by atoms with van der Waals surface area (Å²) in [6.45, 7) is 6.30. The van der Waals surface area contributed by atoms with Gasteiger partial charge in [-0.25, -0.2) is 0 Å². The molecule has 0 aromatic heterocycles. The van der Waals surface area contributed by atoms with E-state index >= 15 is 0 Å². The van der Waals surface area contributed by atoms with Crippen molar-refractivity contribution in [2.24, 2.45) is 11.1 Å². The maximum Gasteiger partial charge on any atom is 0.323 e. The molecule has 0 aromatic carbocycles. The summed E-state index contributed by atoms with van der Waals surface area (Å²) in [5, 5.41) is 0. The van der Waals surface area contributed by atoms with E-state index in [0.29, 0.717) is 13.2 Å². The van der Waals surface area contributed by atoms with Crippen molar-refractivity contribution in [3.8, 4) is 0 Å². The standard InChI is InChI=1S/C9H19NO3/c1-5-13-8(11)7(10)9(2,3)6-12-4/h7H,5-6,10H2,1-4H3/t7-/m1/s1. The van der Waals surface area contributed by atoms with Gasteiger partial charge in [0.05, 0.1) is 13.2 Å². The molecule has 4 nitrogen and oxygen atoms in total. The van der Waals surface area contributed by atoms with Crippen LogP contribution in [0.5, 0.6) is 0 Å². The quantitative estimate of drug-likeness (QED) is 0.641. The van der Waals surface area contributed by atoms with Crippen LogP contribution in [0.4, 0.5) is 0 Å². The van der Waals surface area contributed by atoms with E-state index in [1.165, 1.54) is 0 Å². The van der Waals surface area contributed by atoms with Crippen molar-refractivity contribution in [1.29, 1.82) is 0 Å². The molecule has 0 unspecified atom stereocenters. The summed E-state index contributed by atoms with van der Waals surface area (Å²) in [5.74, 6) is -0.371. The van der Waals surface area contributed by atoms with Crippen LogP contribution in [0.2, 0.25) is 0 Å². The van der Waals surface area contributed by atoms with Gasteiger partial charge in [-0.05, 0) is 6.92 Å². The van der Waals surface area contributed by atoms with Crippen LogP contribution in [0, 0.1) is 5.41 Å². The van der Waals surface area contributed by atoms with Crippen molar-refractivity contribution in [3.63, 3.8) is 0 Å². The average Bonchev–Trinajstić information content (AvgIpc) is 2.03. The number of hydrogen-bond donors (Lipinski definition) is 1. The van der Waals surface area contributed by atoms with Gasteiger partial charge in [0.2, 0.25) is 0 Å². The van der Waals surface area contributed by atoms with Crippen molar-refractivity contribution >= 4 is 5.97 Å². The Kier molecular flexibility index (Phi) is 4.95. The topological polar surface area (TPSA) is 61.5 Å². The Morgan fingerprint density at radius 1 is 1.54 bits per heavy atom. The van der Waals surface area contributed by atoms with Gasteiger partial charge in [0.15, 0.2) is 0 Å². The van der Waals surface area contributed by atoms with Crippen molar-refractivity contribution in [1.82, 2.24) is 0 Å². The highest BCUT2D eigenvalue weighted by Crippen LogP contribution is 2.20. The number of ether oxygens (including phenoxy) is 2. The van der Waals surface area contributed by atoms with Gasteiger partial charge in [-0.3, -0.25) is 4.79 Å². The van der Waals surface area contributed by atoms with Gasteiger partial charge in [-0.1, -0.05) is 13.8 Å². The molecule has 13 heavy (non-hydrogen) atoms. The zero-order valence-electron chi connectivity index (χ0n) is 8.79. The number of hydrogen-bond acceptors (Lipinski definition) is 4. The Bertz CT molecular complexity index is 168. The maximum atomic E-state index is 11.3. The average molecular weight is 189 g/mol. The van der Waals surface area contributed by atoms with E-state index in [0.717, 1.165) is 0 Å². The minimum absolute atomic E-state index is 0.357. The molecule has 2 N–H and O–H groups in total. The molecular weight excluding hydrogens is 170 g/mol. The summed E-state index contributed by atoms with van der Waals surface area (Å²) in [6, 6.07) is -0.632. The third kappa shape index (κ3) is 3.74. The second-order valence-corrected chi connectivity index (χ2v) is 3.65. The fraction of sp³-hybridized carbons (Fsp3) is 0.889. The molecule has 0 heterocycles. The zero-order chi connectivity index (χ0) is 10.5. The number of carbonyl (C=O) groups excluding carboxylic acids is 1. The molecule has 0 radical (unpaired) electrons. The Balaban J connectivity index is 4.21. The third-order valence-corrected chi connectivity index (χ3v) is 1.90. The maximum absolute atomic E-state index is 11.3. The lowest BCUT2D eigenvalue weighted by atomic mass is 9.86. The van der Waals surface area contributed by atoms with Gasteiger partial charge in [0.1, 0.15) is 6.04 Å². The van der Waals surface area contributed by atoms with Gasteiger partial charge in [0.25, 0.3) is 0 Å². The first kappa shape index (κ1) is 12.4. The van der Waals surface area contributed by atoms with Crippen molar-refractivity contribution in [2.45, 2.75) is 26.8 Å². The summed E-state index contributed by atoms with van der Waals surface area (Å²) in [6.07, 6.45) is 0. The van der Waals surface area contributed by atoms with Crippen LogP contribution in [0.3, 0.4) is 0 Å². The number of esters is 1. The van der Waals surface area contributed by atoms with E-state index in [-0.39, 0.29) is 11.4 Å². The Labute approximate surface area is 79.4 Å². The van der Waals surface area contributed by atoms with Gasteiger partial charge >= 0.3 is 5.97 Å². The van der Waals surface area contributed by atoms with Gasteiger partial charge in [-0.15, -0.1) is 0 Å². The molecule has 0 bridgehead atoms. The first-order valence-electron chi connectivity index (χ1n) is 4.37. The molecule has 0 saturated heterocycles. The largest absolute Gasteiger partial charge is 0.465 e. The highest BCUT2D eigenvalue weighted by Gasteiger charge is 2.33. The Morgan fingerprint density at radius 2 is 2.08 bits per heavy atom. The predicted octanol–water partition coefficient (Wildman–Crippen LogP) is 0.549. The molecule has 0 aromatic rings. The summed E-state index contributed by atoms with van der Waals surface area (Å²) in [7, 11) is 1.58. The fourth-order valence-electron chi connectivity index (χ4n) is 1.01. The SMILES string of the molecule is CCOC(=O)[C@@H](N)C(C)(C)COC. The summed E-state index contributed by atoms with van der Waals surface area (Å²) < 4.78 is 9.79. The van der Waals surface area contributed by atoms with Crippen LogP contribution in [0.1, 0.15) is 20.8 Å². The van der Waals surface area contributed by atoms with Crippen molar-refractivity contribution in [2.75, 3.05) is 20.3 Å². The van der Waals surface area contributed by atoms with E-state index in [1.54, 1.807) is 14.0 Å². The summed E-state index contributed by atoms with van der Waals surface area (Å²) in [5.41, 5.74) is 5.32. The molecule has 0 amide bonds. The number of carbonyl (C=O) groups is 1. The molecule has 4 heteroatoms. The van der Waals surface area contributed by atoms with Gasteiger partial charge in [0, 0.05) is 12.5 Å². The molecule has 0 aliphatic carbocycles. The van der Waals surface area contributed by atoms with E-state index in [4.69, 9.17) is 15.2 Å². The lowest BCUT2D eigenvalue weighted by Crippen LogP contribution is -2.47. The lowest BCUT2D eigenvalue weighted by molar-refractivity contribution is -0.148. The highest BCUT2D eigenvalue weighted by molar-refractivity contribution is 5.76. The summed E-state index contributed by atoms with van der Waals surface area (Å²) in [4.78, 5) is 11.3. The first-order valence-corrected chi connectivity index (χ1v) is 4.37. The van der Waals surface area contributed by atoms with Gasteiger partial charge in [-0.2, -0.15) is 0 Å².